The summed E-state index contributed by atoms with van der Waals surface area (Å²) in [6.07, 6.45) is 5.03. The lowest BCUT2D eigenvalue weighted by molar-refractivity contribution is 0.555. The van der Waals surface area contributed by atoms with Gasteiger partial charge in [0.25, 0.3) is 0 Å². The van der Waals surface area contributed by atoms with Gasteiger partial charge in [-0.2, -0.15) is 0 Å². The standard InChI is InChI=1S/C15H22N2/c1-11(16)15(7-8-15)13-5-6-14-12(10-13)4-3-9-17(14)2/h5-6,10-11H,3-4,7-9,16H2,1-2H3. The molecule has 1 heterocycles. The van der Waals surface area contributed by atoms with E-state index in [4.69, 9.17) is 5.73 Å². The summed E-state index contributed by atoms with van der Waals surface area (Å²) in [5.41, 5.74) is 10.9. The summed E-state index contributed by atoms with van der Waals surface area (Å²) in [5, 5.41) is 0. The van der Waals surface area contributed by atoms with E-state index in [1.807, 2.05) is 0 Å². The predicted octanol–water partition coefficient (Wildman–Crippen LogP) is 2.45. The molecule has 1 aromatic rings. The summed E-state index contributed by atoms with van der Waals surface area (Å²) in [6, 6.07) is 7.30. The van der Waals surface area contributed by atoms with Gasteiger partial charge in [0.05, 0.1) is 0 Å². The van der Waals surface area contributed by atoms with Crippen LogP contribution in [-0.4, -0.2) is 19.6 Å². The zero-order valence-electron chi connectivity index (χ0n) is 10.9. The second-order valence-corrected chi connectivity index (χ2v) is 5.81. The summed E-state index contributed by atoms with van der Waals surface area (Å²) < 4.78 is 0. The third kappa shape index (κ3) is 1.66. The normalized spacial score (nSPS) is 23.1. The number of aryl methyl sites for hydroxylation is 1. The molecule has 2 nitrogen and oxygen atoms in total. The number of hydrogen-bond acceptors (Lipinski definition) is 2. The van der Waals surface area contributed by atoms with Crippen molar-refractivity contribution in [3.63, 3.8) is 0 Å². The maximum Gasteiger partial charge on any atom is 0.0396 e. The molecule has 0 radical (unpaired) electrons. The summed E-state index contributed by atoms with van der Waals surface area (Å²) in [6.45, 7) is 3.34. The summed E-state index contributed by atoms with van der Waals surface area (Å²) in [4.78, 5) is 2.37. The molecular formula is C15H22N2. The molecule has 0 amide bonds. The van der Waals surface area contributed by atoms with Gasteiger partial charge in [0.1, 0.15) is 0 Å². The summed E-state index contributed by atoms with van der Waals surface area (Å²) in [7, 11) is 2.19. The molecule has 2 N–H and O–H groups in total. The van der Waals surface area contributed by atoms with E-state index in [0.717, 1.165) is 0 Å². The van der Waals surface area contributed by atoms with Crippen molar-refractivity contribution in [1.82, 2.24) is 0 Å². The lowest BCUT2D eigenvalue weighted by Gasteiger charge is -2.29. The zero-order valence-corrected chi connectivity index (χ0v) is 10.9. The van der Waals surface area contributed by atoms with Gasteiger partial charge in [-0.05, 0) is 49.8 Å². The zero-order chi connectivity index (χ0) is 12.0. The quantitative estimate of drug-likeness (QED) is 0.845. The van der Waals surface area contributed by atoms with Crippen LogP contribution in [0.15, 0.2) is 18.2 Å². The Balaban J connectivity index is 1.99. The molecule has 1 aromatic carbocycles. The number of anilines is 1. The smallest absolute Gasteiger partial charge is 0.0396 e. The van der Waals surface area contributed by atoms with Crippen molar-refractivity contribution >= 4 is 5.69 Å². The fraction of sp³-hybridized carbons (Fsp3) is 0.600. The Morgan fingerprint density at radius 3 is 2.76 bits per heavy atom. The minimum absolute atomic E-state index is 0.280. The molecule has 92 valence electrons. The van der Waals surface area contributed by atoms with Gasteiger partial charge in [0.15, 0.2) is 0 Å². The van der Waals surface area contributed by atoms with Gasteiger partial charge in [-0.1, -0.05) is 12.1 Å². The minimum atomic E-state index is 0.280. The van der Waals surface area contributed by atoms with Crippen LogP contribution in [0.5, 0.6) is 0 Å². The first-order valence-corrected chi connectivity index (χ1v) is 6.74. The molecule has 2 heteroatoms. The second kappa shape index (κ2) is 3.74. The van der Waals surface area contributed by atoms with Crippen molar-refractivity contribution < 1.29 is 0 Å². The molecule has 0 aromatic heterocycles. The molecule has 1 unspecified atom stereocenters. The van der Waals surface area contributed by atoms with Gasteiger partial charge in [-0.15, -0.1) is 0 Å². The first-order chi connectivity index (χ1) is 8.13. The van der Waals surface area contributed by atoms with E-state index in [1.165, 1.54) is 49.0 Å². The third-order valence-electron chi connectivity index (χ3n) is 4.67. The first kappa shape index (κ1) is 11.1. The average Bonchev–Trinajstić information content (AvgIpc) is 3.10. The molecule has 1 aliphatic carbocycles. The molecule has 17 heavy (non-hydrogen) atoms. The number of nitrogens with two attached hydrogens (primary N) is 1. The van der Waals surface area contributed by atoms with Crippen LogP contribution >= 0.6 is 0 Å². The molecule has 2 aliphatic rings. The van der Waals surface area contributed by atoms with Crippen LogP contribution in [0.4, 0.5) is 5.69 Å². The van der Waals surface area contributed by atoms with Crippen LogP contribution in [-0.2, 0) is 11.8 Å². The van der Waals surface area contributed by atoms with Crippen molar-refractivity contribution in [1.29, 1.82) is 0 Å². The highest BCUT2D eigenvalue weighted by molar-refractivity contribution is 5.57. The highest BCUT2D eigenvalue weighted by Crippen LogP contribution is 2.51. The van der Waals surface area contributed by atoms with Crippen LogP contribution < -0.4 is 10.6 Å². The van der Waals surface area contributed by atoms with Crippen molar-refractivity contribution in [3.8, 4) is 0 Å². The second-order valence-electron chi connectivity index (χ2n) is 5.81. The van der Waals surface area contributed by atoms with Crippen LogP contribution in [0.1, 0.15) is 37.3 Å². The van der Waals surface area contributed by atoms with Crippen LogP contribution in [0.2, 0.25) is 0 Å². The van der Waals surface area contributed by atoms with Gasteiger partial charge >= 0.3 is 0 Å². The number of fused-ring (bicyclic) bond motifs is 1. The van der Waals surface area contributed by atoms with E-state index < -0.39 is 0 Å². The topological polar surface area (TPSA) is 29.3 Å². The molecule has 1 aliphatic heterocycles. The van der Waals surface area contributed by atoms with E-state index in [0.29, 0.717) is 5.41 Å². The largest absolute Gasteiger partial charge is 0.374 e. The average molecular weight is 230 g/mol. The Hall–Kier alpha value is -1.02. The minimum Gasteiger partial charge on any atom is -0.374 e. The Kier molecular flexibility index (Phi) is 2.44. The maximum atomic E-state index is 6.16. The molecule has 3 rings (SSSR count). The van der Waals surface area contributed by atoms with Crippen molar-refractivity contribution in [2.75, 3.05) is 18.5 Å². The first-order valence-electron chi connectivity index (χ1n) is 6.74. The fourth-order valence-electron chi connectivity index (χ4n) is 3.24. The number of rotatable bonds is 2. The Morgan fingerprint density at radius 1 is 1.35 bits per heavy atom. The fourth-order valence-corrected chi connectivity index (χ4v) is 3.24. The van der Waals surface area contributed by atoms with Crippen LogP contribution in [0.3, 0.4) is 0 Å². The molecule has 1 atom stereocenters. The molecular weight excluding hydrogens is 208 g/mol. The Bertz CT molecular complexity index is 433. The van der Waals surface area contributed by atoms with Crippen molar-refractivity contribution in [2.24, 2.45) is 5.73 Å². The summed E-state index contributed by atoms with van der Waals surface area (Å²) in [5.74, 6) is 0. The Morgan fingerprint density at radius 2 is 2.12 bits per heavy atom. The lowest BCUT2D eigenvalue weighted by atomic mass is 9.87. The van der Waals surface area contributed by atoms with Gasteiger partial charge in [-0.3, -0.25) is 0 Å². The van der Waals surface area contributed by atoms with Gasteiger partial charge in [0.2, 0.25) is 0 Å². The molecule has 0 spiro atoms. The van der Waals surface area contributed by atoms with E-state index in [9.17, 15) is 0 Å². The lowest BCUT2D eigenvalue weighted by Crippen LogP contribution is -2.32. The third-order valence-corrected chi connectivity index (χ3v) is 4.67. The van der Waals surface area contributed by atoms with Crippen molar-refractivity contribution in [2.45, 2.75) is 44.1 Å². The van der Waals surface area contributed by atoms with Crippen LogP contribution in [0, 0.1) is 0 Å². The van der Waals surface area contributed by atoms with Gasteiger partial charge in [-0.25, -0.2) is 0 Å². The SMILES string of the molecule is CC(N)C1(c2ccc3c(c2)CCCN3C)CC1. The van der Waals surface area contributed by atoms with E-state index in [-0.39, 0.29) is 6.04 Å². The van der Waals surface area contributed by atoms with E-state index >= 15 is 0 Å². The molecule has 1 saturated carbocycles. The van der Waals surface area contributed by atoms with Crippen molar-refractivity contribution in [3.05, 3.63) is 29.3 Å². The summed E-state index contributed by atoms with van der Waals surface area (Å²) >= 11 is 0. The van der Waals surface area contributed by atoms with Crippen LogP contribution in [0.25, 0.3) is 0 Å². The highest BCUT2D eigenvalue weighted by atomic mass is 15.1. The maximum absolute atomic E-state index is 6.16. The van der Waals surface area contributed by atoms with Gasteiger partial charge in [0, 0.05) is 30.7 Å². The number of benzene rings is 1. The monoisotopic (exact) mass is 230 g/mol. The molecule has 0 saturated heterocycles. The highest BCUT2D eigenvalue weighted by Gasteiger charge is 2.47. The molecule has 1 fully saturated rings. The van der Waals surface area contributed by atoms with Gasteiger partial charge < -0.3 is 10.6 Å². The van der Waals surface area contributed by atoms with E-state index in [1.54, 1.807) is 0 Å². The number of hydrogen-bond donors (Lipinski definition) is 1. The number of nitrogens with zero attached hydrogens (tertiary/aromatic N) is 1. The Labute approximate surface area is 104 Å². The predicted molar refractivity (Wildman–Crippen MR) is 72.6 cm³/mol. The van der Waals surface area contributed by atoms with E-state index in [2.05, 4.69) is 37.1 Å². The molecule has 0 bridgehead atoms.